The number of carboxylic acids is 1. The maximum Gasteiger partial charge on any atom is 0.311 e. The van der Waals surface area contributed by atoms with Gasteiger partial charge in [0.05, 0.1) is 0 Å². The lowest BCUT2D eigenvalue weighted by Crippen LogP contribution is -2.06. The molecule has 0 amide bonds. The van der Waals surface area contributed by atoms with Crippen molar-refractivity contribution in [1.82, 2.24) is 14.8 Å². The topological polar surface area (TPSA) is 68.0 Å². The summed E-state index contributed by atoms with van der Waals surface area (Å²) in [4.78, 5) is 14.6. The van der Waals surface area contributed by atoms with Crippen LogP contribution in [0.3, 0.4) is 0 Å². The molecule has 1 aromatic carbocycles. The summed E-state index contributed by atoms with van der Waals surface area (Å²) in [5.41, 5.74) is 0.525. The summed E-state index contributed by atoms with van der Waals surface area (Å²) in [5.74, 6) is -0.707. The van der Waals surface area contributed by atoms with Crippen LogP contribution in [0.2, 0.25) is 0 Å². The van der Waals surface area contributed by atoms with Gasteiger partial charge in [0.1, 0.15) is 18.1 Å². The molecule has 0 aliphatic heterocycles. The predicted octanol–water partition coefficient (Wildman–Crippen LogP) is 1.25. The molecule has 1 N–H and O–H groups in total. The van der Waals surface area contributed by atoms with Gasteiger partial charge in [0.2, 0.25) is 0 Å². The molecule has 2 aromatic rings. The summed E-state index contributed by atoms with van der Waals surface area (Å²) in [6.45, 7) is 0. The molecule has 0 fully saturated rings. The Kier molecular flexibility index (Phi) is 2.86. The van der Waals surface area contributed by atoms with Gasteiger partial charge in [-0.1, -0.05) is 12.1 Å². The van der Waals surface area contributed by atoms with Crippen molar-refractivity contribution in [2.24, 2.45) is 7.05 Å². The Bertz CT molecular complexity index is 566. The van der Waals surface area contributed by atoms with E-state index in [1.54, 1.807) is 19.2 Å². The van der Waals surface area contributed by atoms with Gasteiger partial charge in [-0.05, 0) is 12.1 Å². The van der Waals surface area contributed by atoms with E-state index in [-0.39, 0.29) is 12.2 Å². The third-order valence-electron chi connectivity index (χ3n) is 2.25. The van der Waals surface area contributed by atoms with E-state index in [0.717, 1.165) is 0 Å². The van der Waals surface area contributed by atoms with E-state index in [1.807, 2.05) is 0 Å². The molecule has 0 aliphatic carbocycles. The van der Waals surface area contributed by atoms with E-state index in [2.05, 4.69) is 10.1 Å². The largest absolute Gasteiger partial charge is 0.481 e. The fourth-order valence-electron chi connectivity index (χ4n) is 1.46. The van der Waals surface area contributed by atoms with Crippen molar-refractivity contribution in [3.63, 3.8) is 0 Å². The molecule has 0 unspecified atom stereocenters. The molecule has 1 aromatic heterocycles. The molecule has 5 nitrogen and oxygen atoms in total. The molecular formula is C11H10FN3O2. The third kappa shape index (κ3) is 2.47. The summed E-state index contributed by atoms with van der Waals surface area (Å²) < 4.78 is 14.4. The van der Waals surface area contributed by atoms with E-state index in [0.29, 0.717) is 17.2 Å². The average Bonchev–Trinajstić information content (AvgIpc) is 2.59. The van der Waals surface area contributed by atoms with Crippen molar-refractivity contribution in [3.8, 4) is 11.4 Å². The van der Waals surface area contributed by atoms with Gasteiger partial charge >= 0.3 is 5.97 Å². The number of carboxylic acid groups (broad SMARTS) is 1. The van der Waals surface area contributed by atoms with Crippen LogP contribution >= 0.6 is 0 Å². The van der Waals surface area contributed by atoms with Crippen LogP contribution in [0.25, 0.3) is 11.4 Å². The number of nitrogens with zero attached hydrogens (tertiary/aromatic N) is 3. The molecule has 0 radical (unpaired) electrons. The molecule has 88 valence electrons. The quantitative estimate of drug-likeness (QED) is 0.869. The second-order valence-electron chi connectivity index (χ2n) is 3.56. The van der Waals surface area contributed by atoms with Gasteiger partial charge in [0.25, 0.3) is 0 Å². The Balaban J connectivity index is 2.37. The first-order valence-corrected chi connectivity index (χ1v) is 4.94. The van der Waals surface area contributed by atoms with Crippen molar-refractivity contribution in [2.45, 2.75) is 6.42 Å². The maximum atomic E-state index is 13.0. The van der Waals surface area contributed by atoms with Crippen LogP contribution in [0.1, 0.15) is 5.82 Å². The normalized spacial score (nSPS) is 10.5. The minimum Gasteiger partial charge on any atom is -0.481 e. The number of aryl methyl sites for hydroxylation is 1. The van der Waals surface area contributed by atoms with E-state index in [9.17, 15) is 9.18 Å². The fraction of sp³-hybridized carbons (Fsp3) is 0.182. The average molecular weight is 235 g/mol. The van der Waals surface area contributed by atoms with Gasteiger partial charge in [-0.2, -0.15) is 5.10 Å². The number of aliphatic carboxylic acids is 1. The molecule has 0 atom stereocenters. The molecule has 0 aliphatic rings. The minimum absolute atomic E-state index is 0.210. The summed E-state index contributed by atoms with van der Waals surface area (Å²) in [6, 6.07) is 5.85. The Morgan fingerprint density at radius 1 is 1.53 bits per heavy atom. The highest BCUT2D eigenvalue weighted by atomic mass is 19.1. The van der Waals surface area contributed by atoms with Crippen LogP contribution in [-0.2, 0) is 18.3 Å². The van der Waals surface area contributed by atoms with E-state index < -0.39 is 5.97 Å². The number of rotatable bonds is 3. The highest BCUT2D eigenvalue weighted by Gasteiger charge is 2.12. The number of halogens is 1. The number of hydrogen-bond acceptors (Lipinski definition) is 3. The van der Waals surface area contributed by atoms with Crippen molar-refractivity contribution >= 4 is 5.97 Å². The molecule has 0 bridgehead atoms. The van der Waals surface area contributed by atoms with Crippen LogP contribution in [0.5, 0.6) is 0 Å². The lowest BCUT2D eigenvalue weighted by molar-refractivity contribution is -0.136. The van der Waals surface area contributed by atoms with Gasteiger partial charge in [0, 0.05) is 12.6 Å². The van der Waals surface area contributed by atoms with Crippen LogP contribution in [0.4, 0.5) is 4.39 Å². The van der Waals surface area contributed by atoms with Crippen molar-refractivity contribution in [1.29, 1.82) is 0 Å². The fourth-order valence-corrected chi connectivity index (χ4v) is 1.46. The zero-order valence-corrected chi connectivity index (χ0v) is 9.09. The van der Waals surface area contributed by atoms with Gasteiger partial charge in [-0.25, -0.2) is 9.37 Å². The summed E-state index contributed by atoms with van der Waals surface area (Å²) in [5, 5.41) is 12.7. The molecule has 0 spiro atoms. The number of carbonyl (C=O) groups is 1. The minimum atomic E-state index is -0.980. The molecule has 1 heterocycles. The molecule has 2 rings (SSSR count). The third-order valence-corrected chi connectivity index (χ3v) is 2.25. The number of hydrogen-bond donors (Lipinski definition) is 1. The molecule has 17 heavy (non-hydrogen) atoms. The molecule has 6 heteroatoms. The van der Waals surface area contributed by atoms with E-state index in [4.69, 9.17) is 5.11 Å². The zero-order valence-electron chi connectivity index (χ0n) is 9.09. The second kappa shape index (κ2) is 4.32. The Morgan fingerprint density at radius 3 is 2.94 bits per heavy atom. The molecular weight excluding hydrogens is 225 g/mol. The maximum absolute atomic E-state index is 13.0. The first-order valence-electron chi connectivity index (χ1n) is 4.94. The Hall–Kier alpha value is -2.24. The Morgan fingerprint density at radius 2 is 2.29 bits per heavy atom. The van der Waals surface area contributed by atoms with Crippen molar-refractivity contribution in [3.05, 3.63) is 35.9 Å². The predicted molar refractivity (Wildman–Crippen MR) is 57.7 cm³/mol. The van der Waals surface area contributed by atoms with Gasteiger partial charge in [-0.3, -0.25) is 9.48 Å². The summed E-state index contributed by atoms with van der Waals surface area (Å²) in [7, 11) is 1.61. The van der Waals surface area contributed by atoms with Crippen LogP contribution < -0.4 is 0 Å². The van der Waals surface area contributed by atoms with Crippen LogP contribution in [0, 0.1) is 5.82 Å². The second-order valence-corrected chi connectivity index (χ2v) is 3.56. The first-order chi connectivity index (χ1) is 8.06. The number of benzene rings is 1. The lowest BCUT2D eigenvalue weighted by Gasteiger charge is -1.93. The summed E-state index contributed by atoms with van der Waals surface area (Å²) in [6.07, 6.45) is -0.210. The monoisotopic (exact) mass is 235 g/mol. The van der Waals surface area contributed by atoms with Gasteiger partial charge in [-0.15, -0.1) is 0 Å². The van der Waals surface area contributed by atoms with Crippen molar-refractivity contribution < 1.29 is 14.3 Å². The molecule has 0 saturated carbocycles. The van der Waals surface area contributed by atoms with E-state index >= 15 is 0 Å². The zero-order chi connectivity index (χ0) is 12.4. The highest BCUT2D eigenvalue weighted by molar-refractivity contribution is 5.69. The SMILES string of the molecule is Cn1nc(-c2cccc(F)c2)nc1CC(=O)O. The van der Waals surface area contributed by atoms with Crippen LogP contribution in [0.15, 0.2) is 24.3 Å². The first kappa shape index (κ1) is 11.3. The standard InChI is InChI=1S/C11H10FN3O2/c1-15-9(6-10(16)17)13-11(14-15)7-3-2-4-8(12)5-7/h2-5H,6H2,1H3,(H,16,17). The summed E-state index contributed by atoms with van der Waals surface area (Å²) >= 11 is 0. The highest BCUT2D eigenvalue weighted by Crippen LogP contribution is 2.16. The van der Waals surface area contributed by atoms with E-state index in [1.165, 1.54) is 16.8 Å². The smallest absolute Gasteiger partial charge is 0.311 e. The number of aromatic nitrogens is 3. The van der Waals surface area contributed by atoms with Crippen molar-refractivity contribution in [2.75, 3.05) is 0 Å². The Labute approximate surface area is 96.5 Å². The van der Waals surface area contributed by atoms with Gasteiger partial charge in [0.15, 0.2) is 5.82 Å². The lowest BCUT2D eigenvalue weighted by atomic mass is 10.2. The van der Waals surface area contributed by atoms with Crippen LogP contribution in [-0.4, -0.2) is 25.8 Å². The van der Waals surface area contributed by atoms with Gasteiger partial charge < -0.3 is 5.11 Å². The molecule has 0 saturated heterocycles.